The molecular formula is C21H25ClN2O7. The van der Waals surface area contributed by atoms with E-state index in [9.17, 15) is 14.4 Å². The van der Waals surface area contributed by atoms with Gasteiger partial charge in [0.05, 0.1) is 48.6 Å². The Kier molecular flexibility index (Phi) is 7.62. The Balaban J connectivity index is 1.71. The predicted molar refractivity (Wildman–Crippen MR) is 111 cm³/mol. The maximum absolute atomic E-state index is 12.4. The zero-order chi connectivity index (χ0) is 22.4. The summed E-state index contributed by atoms with van der Waals surface area (Å²) in [5, 5.41) is 5.56. The predicted octanol–water partition coefficient (Wildman–Crippen LogP) is 2.50. The number of fused-ring (bicyclic) bond motifs is 1. The first-order valence-electron chi connectivity index (χ1n) is 10.1. The lowest BCUT2D eigenvalue weighted by molar-refractivity contribution is -0.143. The highest BCUT2D eigenvalue weighted by Crippen LogP contribution is 2.38. The quantitative estimate of drug-likeness (QED) is 0.611. The number of ether oxygens (including phenoxy) is 4. The minimum Gasteiger partial charge on any atom is -0.489 e. The molecule has 9 nitrogen and oxygen atoms in total. The lowest BCUT2D eigenvalue weighted by Crippen LogP contribution is -2.51. The third-order valence-corrected chi connectivity index (χ3v) is 5.02. The maximum Gasteiger partial charge on any atom is 0.338 e. The topological polar surface area (TPSA) is 112 Å². The van der Waals surface area contributed by atoms with Crippen molar-refractivity contribution in [1.29, 1.82) is 0 Å². The van der Waals surface area contributed by atoms with Crippen molar-refractivity contribution >= 4 is 29.6 Å². The molecule has 2 N–H and O–H groups in total. The summed E-state index contributed by atoms with van der Waals surface area (Å²) in [5.41, 5.74) is 1.05. The van der Waals surface area contributed by atoms with Crippen molar-refractivity contribution in [2.75, 3.05) is 26.4 Å². The molecule has 0 saturated carbocycles. The summed E-state index contributed by atoms with van der Waals surface area (Å²) in [5.74, 6) is -0.176. The molecule has 1 aromatic rings. The standard InChI is InChI=1S/C21H25ClN2O7/c1-3-14-18(20(26)28-4-2)15(24-21(27)23-14)11-31-17(25)10-12-8-13(22)19-16(9-12)29-6-5-7-30-19/h8-9,14H,3-7,10-11H2,1-2H3,(H2,23,24,27)/t14-/m0/s1. The van der Waals surface area contributed by atoms with Gasteiger partial charge in [-0.15, -0.1) is 0 Å². The average molecular weight is 453 g/mol. The molecule has 0 spiro atoms. The first-order valence-corrected chi connectivity index (χ1v) is 10.5. The molecular weight excluding hydrogens is 428 g/mol. The van der Waals surface area contributed by atoms with Gasteiger partial charge in [0.25, 0.3) is 0 Å². The number of hydrogen-bond acceptors (Lipinski definition) is 7. The zero-order valence-electron chi connectivity index (χ0n) is 17.4. The molecule has 0 saturated heterocycles. The largest absolute Gasteiger partial charge is 0.489 e. The molecule has 2 amide bonds. The first-order chi connectivity index (χ1) is 14.9. The SMILES string of the molecule is CCOC(=O)C1=C(COC(=O)Cc2cc(Cl)c3c(c2)OCCCO3)NC(=O)N[C@H]1CC. The van der Waals surface area contributed by atoms with Gasteiger partial charge in [0.2, 0.25) is 0 Å². The molecule has 2 aliphatic heterocycles. The van der Waals surface area contributed by atoms with E-state index in [2.05, 4.69) is 10.6 Å². The van der Waals surface area contributed by atoms with Crippen LogP contribution in [-0.4, -0.2) is 50.4 Å². The van der Waals surface area contributed by atoms with Crippen molar-refractivity contribution in [3.05, 3.63) is 34.0 Å². The van der Waals surface area contributed by atoms with Crippen molar-refractivity contribution in [2.24, 2.45) is 0 Å². The van der Waals surface area contributed by atoms with Gasteiger partial charge in [-0.3, -0.25) is 4.79 Å². The summed E-state index contributed by atoms with van der Waals surface area (Å²) < 4.78 is 21.6. The van der Waals surface area contributed by atoms with Crippen molar-refractivity contribution in [2.45, 2.75) is 39.2 Å². The Morgan fingerprint density at radius 3 is 2.71 bits per heavy atom. The normalized spacial score (nSPS) is 17.9. The molecule has 3 rings (SSSR count). The molecule has 0 bridgehead atoms. The van der Waals surface area contributed by atoms with Gasteiger partial charge in [-0.25, -0.2) is 9.59 Å². The first kappa shape index (κ1) is 22.7. The van der Waals surface area contributed by atoms with Crippen LogP contribution in [0.1, 0.15) is 32.3 Å². The summed E-state index contributed by atoms with van der Waals surface area (Å²) in [6.07, 6.45) is 1.15. The number of carbonyl (C=O) groups is 3. The van der Waals surface area contributed by atoms with Crippen molar-refractivity contribution in [1.82, 2.24) is 10.6 Å². The van der Waals surface area contributed by atoms with Crippen LogP contribution in [0.2, 0.25) is 5.02 Å². The summed E-state index contributed by atoms with van der Waals surface area (Å²) in [6.45, 7) is 4.43. The van der Waals surface area contributed by atoms with Crippen LogP contribution in [0.4, 0.5) is 4.79 Å². The molecule has 168 valence electrons. The summed E-state index contributed by atoms with van der Waals surface area (Å²) >= 11 is 6.26. The highest BCUT2D eigenvalue weighted by molar-refractivity contribution is 6.32. The van der Waals surface area contributed by atoms with Gasteiger partial charge in [0, 0.05) is 6.42 Å². The number of amides is 2. The van der Waals surface area contributed by atoms with Crippen molar-refractivity contribution in [3.8, 4) is 11.5 Å². The molecule has 0 unspecified atom stereocenters. The fraction of sp³-hybridized carbons (Fsp3) is 0.476. The zero-order valence-corrected chi connectivity index (χ0v) is 18.2. The molecule has 0 aliphatic carbocycles. The number of halogens is 1. The molecule has 0 fully saturated rings. The fourth-order valence-corrected chi connectivity index (χ4v) is 3.62. The number of hydrogen-bond donors (Lipinski definition) is 2. The van der Waals surface area contributed by atoms with Gasteiger partial charge >= 0.3 is 18.0 Å². The van der Waals surface area contributed by atoms with Gasteiger partial charge in [-0.1, -0.05) is 18.5 Å². The van der Waals surface area contributed by atoms with Crippen LogP contribution in [0.25, 0.3) is 0 Å². The smallest absolute Gasteiger partial charge is 0.338 e. The molecule has 31 heavy (non-hydrogen) atoms. The Bertz CT molecular complexity index is 900. The number of esters is 2. The van der Waals surface area contributed by atoms with Crippen LogP contribution in [0.3, 0.4) is 0 Å². The molecule has 10 heteroatoms. The summed E-state index contributed by atoms with van der Waals surface area (Å²) in [6, 6.07) is 2.32. The molecule has 2 heterocycles. The number of urea groups is 1. The molecule has 0 aromatic heterocycles. The van der Waals surface area contributed by atoms with E-state index >= 15 is 0 Å². The molecule has 1 atom stereocenters. The monoisotopic (exact) mass is 452 g/mol. The third kappa shape index (κ3) is 5.61. The maximum atomic E-state index is 12.4. The van der Waals surface area contributed by atoms with E-state index in [-0.39, 0.29) is 30.9 Å². The summed E-state index contributed by atoms with van der Waals surface area (Å²) in [4.78, 5) is 36.7. The number of nitrogens with one attached hydrogen (secondary N) is 2. The minimum atomic E-state index is -0.567. The van der Waals surface area contributed by atoms with Crippen LogP contribution < -0.4 is 20.1 Å². The van der Waals surface area contributed by atoms with Crippen LogP contribution in [0, 0.1) is 0 Å². The second-order valence-corrected chi connectivity index (χ2v) is 7.37. The fourth-order valence-electron chi connectivity index (χ4n) is 3.33. The second kappa shape index (κ2) is 10.4. The molecule has 0 radical (unpaired) electrons. The van der Waals surface area contributed by atoms with E-state index in [1.165, 1.54) is 0 Å². The molecule has 2 aliphatic rings. The van der Waals surface area contributed by atoms with Gasteiger partial charge < -0.3 is 29.6 Å². The van der Waals surface area contributed by atoms with Gasteiger partial charge in [-0.2, -0.15) is 0 Å². The minimum absolute atomic E-state index is 0.0677. The number of benzene rings is 1. The van der Waals surface area contributed by atoms with Gasteiger partial charge in [0.1, 0.15) is 6.61 Å². The summed E-state index contributed by atoms with van der Waals surface area (Å²) in [7, 11) is 0. The molecule has 1 aromatic carbocycles. The Morgan fingerprint density at radius 2 is 1.97 bits per heavy atom. The van der Waals surface area contributed by atoms with Crippen molar-refractivity contribution in [3.63, 3.8) is 0 Å². The van der Waals surface area contributed by atoms with E-state index in [1.807, 2.05) is 6.92 Å². The highest BCUT2D eigenvalue weighted by Gasteiger charge is 2.32. The van der Waals surface area contributed by atoms with Gasteiger partial charge in [-0.05, 0) is 31.0 Å². The van der Waals surface area contributed by atoms with Crippen molar-refractivity contribution < 1.29 is 33.3 Å². The van der Waals surface area contributed by atoms with E-state index in [0.29, 0.717) is 41.7 Å². The Labute approximate surface area is 185 Å². The van der Waals surface area contributed by atoms with E-state index < -0.39 is 24.0 Å². The Morgan fingerprint density at radius 1 is 1.19 bits per heavy atom. The van der Waals surface area contributed by atoms with Gasteiger partial charge in [0.15, 0.2) is 11.5 Å². The lowest BCUT2D eigenvalue weighted by atomic mass is 10.0. The van der Waals surface area contributed by atoms with E-state index in [1.54, 1.807) is 19.1 Å². The van der Waals surface area contributed by atoms with Crippen LogP contribution in [0.5, 0.6) is 11.5 Å². The Hall–Kier alpha value is -2.94. The average Bonchev–Trinajstić information content (AvgIpc) is 2.97. The number of carbonyl (C=O) groups excluding carboxylic acids is 3. The van der Waals surface area contributed by atoms with E-state index in [0.717, 1.165) is 6.42 Å². The second-order valence-electron chi connectivity index (χ2n) is 6.96. The van der Waals surface area contributed by atoms with Crippen LogP contribution >= 0.6 is 11.6 Å². The van der Waals surface area contributed by atoms with Crippen LogP contribution in [-0.2, 0) is 25.5 Å². The lowest BCUT2D eigenvalue weighted by Gasteiger charge is -2.28. The van der Waals surface area contributed by atoms with Crippen LogP contribution in [0.15, 0.2) is 23.4 Å². The van der Waals surface area contributed by atoms with E-state index in [4.69, 9.17) is 30.5 Å². The highest BCUT2D eigenvalue weighted by atomic mass is 35.5. The third-order valence-electron chi connectivity index (χ3n) is 4.73. The number of rotatable bonds is 7.